The fraction of sp³-hybridized carbons (Fsp3) is 0.579. The number of nitrogens with zero attached hydrogens (tertiary/aromatic N) is 3. The predicted molar refractivity (Wildman–Crippen MR) is 94.8 cm³/mol. The minimum atomic E-state index is -0.505. The summed E-state index contributed by atoms with van der Waals surface area (Å²) >= 11 is 0. The summed E-state index contributed by atoms with van der Waals surface area (Å²) < 4.78 is 0. The quantitative estimate of drug-likeness (QED) is 0.874. The average Bonchev–Trinajstić information content (AvgIpc) is 2.65. The van der Waals surface area contributed by atoms with E-state index in [9.17, 15) is 14.7 Å². The maximum atomic E-state index is 12.6. The lowest BCUT2D eigenvalue weighted by Gasteiger charge is -2.38. The van der Waals surface area contributed by atoms with Crippen LogP contribution in [0.5, 0.6) is 0 Å². The highest BCUT2D eigenvalue weighted by atomic mass is 16.3. The number of piperidine rings is 1. The average molecular weight is 345 g/mol. The van der Waals surface area contributed by atoms with E-state index in [-0.39, 0.29) is 17.7 Å². The van der Waals surface area contributed by atoms with Crippen LogP contribution in [-0.2, 0) is 9.59 Å². The molecule has 3 rings (SSSR count). The lowest BCUT2D eigenvalue weighted by atomic mass is 9.94. The van der Waals surface area contributed by atoms with Crippen molar-refractivity contribution in [2.75, 3.05) is 46.3 Å². The Morgan fingerprint density at radius 3 is 2.48 bits per heavy atom. The van der Waals surface area contributed by atoms with E-state index in [1.165, 1.54) is 0 Å². The van der Waals surface area contributed by atoms with Gasteiger partial charge in [-0.25, -0.2) is 0 Å². The molecular formula is C19H27N3O3. The van der Waals surface area contributed by atoms with Crippen LogP contribution < -0.4 is 0 Å². The van der Waals surface area contributed by atoms with Crippen molar-refractivity contribution in [1.82, 2.24) is 14.7 Å². The number of carbonyl (C=O) groups is 2. The molecular weight excluding hydrogens is 318 g/mol. The van der Waals surface area contributed by atoms with Gasteiger partial charge in [-0.15, -0.1) is 0 Å². The number of carbonyl (C=O) groups excluding carboxylic acids is 2. The Morgan fingerprint density at radius 2 is 1.84 bits per heavy atom. The maximum absolute atomic E-state index is 12.6. The van der Waals surface area contributed by atoms with Crippen LogP contribution in [0.1, 0.15) is 24.5 Å². The Hall–Kier alpha value is -1.92. The second-order valence-corrected chi connectivity index (χ2v) is 7.06. The number of amides is 2. The van der Waals surface area contributed by atoms with Crippen LogP contribution in [0.25, 0.3) is 0 Å². The van der Waals surface area contributed by atoms with Gasteiger partial charge >= 0.3 is 0 Å². The summed E-state index contributed by atoms with van der Waals surface area (Å²) in [5, 5.41) is 10.3. The normalized spacial score (nSPS) is 23.6. The molecule has 0 aliphatic carbocycles. The van der Waals surface area contributed by atoms with Crippen molar-refractivity contribution in [2.45, 2.75) is 18.9 Å². The highest BCUT2D eigenvalue weighted by molar-refractivity contribution is 5.87. The van der Waals surface area contributed by atoms with Crippen LogP contribution >= 0.6 is 0 Å². The molecule has 136 valence electrons. The lowest BCUT2D eigenvalue weighted by molar-refractivity contribution is -0.145. The molecule has 25 heavy (non-hydrogen) atoms. The van der Waals surface area contributed by atoms with Crippen molar-refractivity contribution < 1.29 is 14.7 Å². The molecule has 1 aromatic rings. The van der Waals surface area contributed by atoms with Gasteiger partial charge in [-0.2, -0.15) is 0 Å². The number of aliphatic hydroxyl groups excluding tert-OH is 1. The second-order valence-electron chi connectivity index (χ2n) is 7.06. The summed E-state index contributed by atoms with van der Waals surface area (Å²) in [6.07, 6.45) is 0.589. The van der Waals surface area contributed by atoms with Gasteiger partial charge in [0.15, 0.2) is 0 Å². The molecule has 2 atom stereocenters. The summed E-state index contributed by atoms with van der Waals surface area (Å²) in [5.41, 5.74) is 0.922. The van der Waals surface area contributed by atoms with Gasteiger partial charge in [0.2, 0.25) is 11.8 Å². The van der Waals surface area contributed by atoms with E-state index in [1.807, 2.05) is 35.2 Å². The van der Waals surface area contributed by atoms with Crippen molar-refractivity contribution in [3.8, 4) is 0 Å². The van der Waals surface area contributed by atoms with E-state index in [1.54, 1.807) is 11.9 Å². The van der Waals surface area contributed by atoms with Crippen LogP contribution in [0, 0.1) is 5.92 Å². The van der Waals surface area contributed by atoms with Gasteiger partial charge in [-0.3, -0.25) is 14.5 Å². The summed E-state index contributed by atoms with van der Waals surface area (Å²) in [7, 11) is 1.79. The van der Waals surface area contributed by atoms with Crippen molar-refractivity contribution in [3.63, 3.8) is 0 Å². The zero-order valence-corrected chi connectivity index (χ0v) is 14.8. The number of aliphatic hydroxyl groups is 1. The number of hydrogen-bond donors (Lipinski definition) is 1. The summed E-state index contributed by atoms with van der Waals surface area (Å²) in [5.74, 6) is 0.0177. The third-order valence-electron chi connectivity index (χ3n) is 5.31. The Labute approximate surface area is 149 Å². The van der Waals surface area contributed by atoms with Crippen LogP contribution in [0.4, 0.5) is 0 Å². The molecule has 0 radical (unpaired) electrons. The number of β-amino-alcohol motifs (C(OH)–C–C–N with tert-alkyl or cyclic N) is 1. The van der Waals surface area contributed by atoms with Crippen molar-refractivity contribution in [3.05, 3.63) is 35.9 Å². The standard InChI is InChI=1S/C19H27N3O3/c1-20-8-7-16(13-18(20)24)19(25)22-11-9-21(10-12-22)14-17(23)15-5-3-2-4-6-15/h2-6,16-17,23H,7-14H2,1H3/t16-,17+/m1/s1. The monoisotopic (exact) mass is 345 g/mol. The molecule has 2 fully saturated rings. The van der Waals surface area contributed by atoms with Gasteiger partial charge < -0.3 is 14.9 Å². The Morgan fingerprint density at radius 1 is 1.16 bits per heavy atom. The number of rotatable bonds is 4. The summed E-state index contributed by atoms with van der Waals surface area (Å²) in [4.78, 5) is 30.2. The van der Waals surface area contributed by atoms with Gasteiger partial charge in [-0.1, -0.05) is 30.3 Å². The van der Waals surface area contributed by atoms with Crippen molar-refractivity contribution in [2.24, 2.45) is 5.92 Å². The third-order valence-corrected chi connectivity index (χ3v) is 5.31. The van der Waals surface area contributed by atoms with E-state index in [0.717, 1.165) is 25.1 Å². The molecule has 2 amide bonds. The molecule has 6 nitrogen and oxygen atoms in total. The van der Waals surface area contributed by atoms with Crippen molar-refractivity contribution >= 4 is 11.8 Å². The topological polar surface area (TPSA) is 64.1 Å². The van der Waals surface area contributed by atoms with Crippen LogP contribution in [0.2, 0.25) is 0 Å². The minimum Gasteiger partial charge on any atom is -0.387 e. The van der Waals surface area contributed by atoms with E-state index < -0.39 is 6.10 Å². The lowest BCUT2D eigenvalue weighted by Crippen LogP contribution is -2.52. The molecule has 1 aromatic carbocycles. The molecule has 0 spiro atoms. The van der Waals surface area contributed by atoms with Crippen LogP contribution in [0.3, 0.4) is 0 Å². The molecule has 0 saturated carbocycles. The first-order valence-electron chi connectivity index (χ1n) is 9.02. The van der Waals surface area contributed by atoms with Crippen molar-refractivity contribution in [1.29, 1.82) is 0 Å². The van der Waals surface area contributed by atoms with E-state index >= 15 is 0 Å². The van der Waals surface area contributed by atoms with Crippen LogP contribution in [0.15, 0.2) is 30.3 Å². The fourth-order valence-electron chi connectivity index (χ4n) is 3.59. The molecule has 0 unspecified atom stereocenters. The second kappa shape index (κ2) is 7.97. The minimum absolute atomic E-state index is 0.0641. The zero-order chi connectivity index (χ0) is 17.8. The predicted octanol–water partition coefficient (Wildman–Crippen LogP) is 0.733. The van der Waals surface area contributed by atoms with Gasteiger partial charge in [0.05, 0.1) is 6.10 Å². The number of piperazine rings is 1. The fourth-order valence-corrected chi connectivity index (χ4v) is 3.59. The van der Waals surface area contributed by atoms with E-state index in [2.05, 4.69) is 4.90 Å². The van der Waals surface area contributed by atoms with E-state index in [0.29, 0.717) is 32.6 Å². The largest absolute Gasteiger partial charge is 0.387 e. The maximum Gasteiger partial charge on any atom is 0.226 e. The highest BCUT2D eigenvalue weighted by Crippen LogP contribution is 2.21. The summed E-state index contributed by atoms with van der Waals surface area (Å²) in [6.45, 7) is 4.10. The first-order chi connectivity index (χ1) is 12.0. The number of likely N-dealkylation sites (tertiary alicyclic amines) is 1. The Balaban J connectivity index is 1.47. The molecule has 2 aliphatic heterocycles. The molecule has 2 heterocycles. The molecule has 1 N–H and O–H groups in total. The molecule has 2 aliphatic rings. The number of hydrogen-bond acceptors (Lipinski definition) is 4. The van der Waals surface area contributed by atoms with E-state index in [4.69, 9.17) is 0 Å². The Bertz CT molecular complexity index is 599. The van der Waals surface area contributed by atoms with Gasteiger partial charge in [0.25, 0.3) is 0 Å². The molecule has 0 aromatic heterocycles. The van der Waals surface area contributed by atoms with Gasteiger partial charge in [0, 0.05) is 58.7 Å². The third kappa shape index (κ3) is 4.38. The highest BCUT2D eigenvalue weighted by Gasteiger charge is 2.33. The molecule has 0 bridgehead atoms. The Kier molecular flexibility index (Phi) is 5.71. The van der Waals surface area contributed by atoms with Gasteiger partial charge in [-0.05, 0) is 12.0 Å². The van der Waals surface area contributed by atoms with Gasteiger partial charge in [0.1, 0.15) is 0 Å². The molecule has 2 saturated heterocycles. The molecule has 6 heteroatoms. The zero-order valence-electron chi connectivity index (χ0n) is 14.8. The van der Waals surface area contributed by atoms with Crippen LogP contribution in [-0.4, -0.2) is 77.9 Å². The smallest absolute Gasteiger partial charge is 0.226 e. The first-order valence-corrected chi connectivity index (χ1v) is 9.02. The SMILES string of the molecule is CN1CC[C@@H](C(=O)N2CCN(C[C@H](O)c3ccccc3)CC2)CC1=O. The summed E-state index contributed by atoms with van der Waals surface area (Å²) in [6, 6.07) is 9.66. The first kappa shape index (κ1) is 17.9. The number of benzene rings is 1.